The minimum Gasteiger partial charge on any atom is -0.479 e. The van der Waals surface area contributed by atoms with Crippen molar-refractivity contribution in [2.75, 3.05) is 0 Å². The van der Waals surface area contributed by atoms with Crippen LogP contribution >= 0.6 is 0 Å². The summed E-state index contributed by atoms with van der Waals surface area (Å²) >= 11 is 0. The number of carbonyl (C=O) groups excluding carboxylic acids is 1. The molecule has 0 aliphatic rings. The Bertz CT molecular complexity index is 454. The van der Waals surface area contributed by atoms with Gasteiger partial charge in [-0.15, -0.1) is 0 Å². The number of hydrogen-bond donors (Lipinski definition) is 1. The molecule has 0 aliphatic carbocycles. The van der Waals surface area contributed by atoms with Gasteiger partial charge in [-0.3, -0.25) is 4.79 Å². The summed E-state index contributed by atoms with van der Waals surface area (Å²) in [6, 6.07) is 4.42. The molecule has 1 aromatic rings. The summed E-state index contributed by atoms with van der Waals surface area (Å²) in [6.07, 6.45) is 0.602. The fraction of sp³-hybridized carbons (Fsp3) is 0.429. The van der Waals surface area contributed by atoms with Crippen LogP contribution in [0, 0.1) is 13.8 Å². The Balaban J connectivity index is 3.32. The standard InChI is InChI=1S/C14H19NO3/c1-9(2)15(8-16)13(14(17)18)12-7-5-6-10(3)11(12)4/h5-9,13H,1-4H3,(H,17,18). The molecule has 1 amide bonds. The molecule has 4 heteroatoms. The molecule has 98 valence electrons. The van der Waals surface area contributed by atoms with Crippen molar-refractivity contribution in [1.82, 2.24) is 4.90 Å². The lowest BCUT2D eigenvalue weighted by molar-refractivity contribution is -0.148. The van der Waals surface area contributed by atoms with E-state index in [1.807, 2.05) is 26.0 Å². The number of amides is 1. The number of nitrogens with zero attached hydrogens (tertiary/aromatic N) is 1. The summed E-state index contributed by atoms with van der Waals surface area (Å²) in [5, 5.41) is 9.39. The van der Waals surface area contributed by atoms with E-state index >= 15 is 0 Å². The Hall–Kier alpha value is -1.84. The molecule has 1 aromatic carbocycles. The first-order valence-corrected chi connectivity index (χ1v) is 5.91. The first-order chi connectivity index (χ1) is 8.40. The summed E-state index contributed by atoms with van der Waals surface area (Å²) in [5.41, 5.74) is 2.61. The highest BCUT2D eigenvalue weighted by atomic mass is 16.4. The maximum Gasteiger partial charge on any atom is 0.331 e. The smallest absolute Gasteiger partial charge is 0.331 e. The molecule has 0 bridgehead atoms. The normalized spacial score (nSPS) is 12.3. The van der Waals surface area contributed by atoms with Gasteiger partial charge in [0.25, 0.3) is 0 Å². The molecule has 0 aliphatic heterocycles. The molecular formula is C14H19NO3. The van der Waals surface area contributed by atoms with Crippen LogP contribution < -0.4 is 0 Å². The lowest BCUT2D eigenvalue weighted by Gasteiger charge is -2.30. The van der Waals surface area contributed by atoms with E-state index in [1.165, 1.54) is 4.90 Å². The van der Waals surface area contributed by atoms with Gasteiger partial charge in [0.05, 0.1) is 0 Å². The second kappa shape index (κ2) is 5.67. The van der Waals surface area contributed by atoms with Crippen LogP contribution in [0.1, 0.15) is 36.6 Å². The van der Waals surface area contributed by atoms with Crippen LogP contribution in [-0.2, 0) is 9.59 Å². The van der Waals surface area contributed by atoms with Crippen molar-refractivity contribution in [1.29, 1.82) is 0 Å². The fourth-order valence-corrected chi connectivity index (χ4v) is 1.97. The van der Waals surface area contributed by atoms with Crippen LogP contribution in [0.15, 0.2) is 18.2 Å². The third kappa shape index (κ3) is 2.70. The van der Waals surface area contributed by atoms with E-state index in [1.54, 1.807) is 19.9 Å². The van der Waals surface area contributed by atoms with Crippen LogP contribution in [-0.4, -0.2) is 28.4 Å². The number of hydrogen-bond acceptors (Lipinski definition) is 2. The molecule has 0 saturated carbocycles. The van der Waals surface area contributed by atoms with Crippen LogP contribution in [0.4, 0.5) is 0 Å². The average molecular weight is 249 g/mol. The molecule has 4 nitrogen and oxygen atoms in total. The number of carbonyl (C=O) groups is 2. The van der Waals surface area contributed by atoms with E-state index in [0.717, 1.165) is 11.1 Å². The lowest BCUT2D eigenvalue weighted by Crippen LogP contribution is -2.38. The zero-order chi connectivity index (χ0) is 13.9. The molecule has 0 spiro atoms. The molecule has 0 heterocycles. The Morgan fingerprint density at radius 3 is 2.39 bits per heavy atom. The molecule has 0 radical (unpaired) electrons. The largest absolute Gasteiger partial charge is 0.479 e. The average Bonchev–Trinajstić information content (AvgIpc) is 2.29. The van der Waals surface area contributed by atoms with Crippen molar-refractivity contribution in [3.8, 4) is 0 Å². The van der Waals surface area contributed by atoms with Gasteiger partial charge in [-0.05, 0) is 44.4 Å². The number of carboxylic acid groups (broad SMARTS) is 1. The first kappa shape index (κ1) is 14.2. The molecule has 1 atom stereocenters. The third-order valence-corrected chi connectivity index (χ3v) is 3.19. The van der Waals surface area contributed by atoms with Gasteiger partial charge < -0.3 is 10.0 Å². The van der Waals surface area contributed by atoms with Crippen molar-refractivity contribution in [3.63, 3.8) is 0 Å². The summed E-state index contributed by atoms with van der Waals surface area (Å²) < 4.78 is 0. The summed E-state index contributed by atoms with van der Waals surface area (Å²) in [4.78, 5) is 23.9. The van der Waals surface area contributed by atoms with E-state index in [-0.39, 0.29) is 6.04 Å². The number of aliphatic carboxylic acids is 1. The maximum absolute atomic E-state index is 11.5. The molecule has 0 fully saturated rings. The highest BCUT2D eigenvalue weighted by molar-refractivity contribution is 5.79. The van der Waals surface area contributed by atoms with E-state index in [4.69, 9.17) is 0 Å². The van der Waals surface area contributed by atoms with Gasteiger partial charge in [-0.1, -0.05) is 18.2 Å². The molecule has 0 saturated heterocycles. The SMILES string of the molecule is Cc1cccc(C(C(=O)O)N(C=O)C(C)C)c1C. The zero-order valence-corrected chi connectivity index (χ0v) is 11.2. The summed E-state index contributed by atoms with van der Waals surface area (Å²) in [6.45, 7) is 7.41. The second-order valence-electron chi connectivity index (χ2n) is 4.68. The van der Waals surface area contributed by atoms with Crippen molar-refractivity contribution in [2.45, 2.75) is 39.8 Å². The molecule has 1 N–H and O–H groups in total. The highest BCUT2D eigenvalue weighted by Gasteiger charge is 2.29. The van der Waals surface area contributed by atoms with Crippen molar-refractivity contribution in [3.05, 3.63) is 34.9 Å². The highest BCUT2D eigenvalue weighted by Crippen LogP contribution is 2.26. The Labute approximate surface area is 107 Å². The summed E-state index contributed by atoms with van der Waals surface area (Å²) in [5.74, 6) is -1.01. The topological polar surface area (TPSA) is 57.6 Å². The van der Waals surface area contributed by atoms with Gasteiger partial charge >= 0.3 is 5.97 Å². The summed E-state index contributed by atoms with van der Waals surface area (Å²) in [7, 11) is 0. The maximum atomic E-state index is 11.5. The van der Waals surface area contributed by atoms with Crippen LogP contribution in [0.5, 0.6) is 0 Å². The van der Waals surface area contributed by atoms with Gasteiger partial charge in [0.2, 0.25) is 6.41 Å². The Morgan fingerprint density at radius 2 is 1.94 bits per heavy atom. The second-order valence-corrected chi connectivity index (χ2v) is 4.68. The molecule has 1 unspecified atom stereocenters. The fourth-order valence-electron chi connectivity index (χ4n) is 1.97. The first-order valence-electron chi connectivity index (χ1n) is 5.91. The van der Waals surface area contributed by atoms with E-state index in [9.17, 15) is 14.7 Å². The number of rotatable bonds is 5. The van der Waals surface area contributed by atoms with Gasteiger partial charge in [-0.25, -0.2) is 4.79 Å². The van der Waals surface area contributed by atoms with Crippen molar-refractivity contribution >= 4 is 12.4 Å². The van der Waals surface area contributed by atoms with E-state index in [0.29, 0.717) is 12.0 Å². The van der Waals surface area contributed by atoms with Crippen LogP contribution in [0.3, 0.4) is 0 Å². The Morgan fingerprint density at radius 1 is 1.33 bits per heavy atom. The van der Waals surface area contributed by atoms with Gasteiger partial charge in [0.1, 0.15) is 0 Å². The third-order valence-electron chi connectivity index (χ3n) is 3.19. The van der Waals surface area contributed by atoms with Gasteiger partial charge in [0.15, 0.2) is 6.04 Å². The van der Waals surface area contributed by atoms with Crippen LogP contribution in [0.25, 0.3) is 0 Å². The monoisotopic (exact) mass is 249 g/mol. The zero-order valence-electron chi connectivity index (χ0n) is 11.2. The van der Waals surface area contributed by atoms with Crippen molar-refractivity contribution in [2.24, 2.45) is 0 Å². The van der Waals surface area contributed by atoms with Gasteiger partial charge in [-0.2, -0.15) is 0 Å². The minimum absolute atomic E-state index is 0.163. The quantitative estimate of drug-likeness (QED) is 0.814. The number of benzene rings is 1. The van der Waals surface area contributed by atoms with Gasteiger partial charge in [0, 0.05) is 6.04 Å². The molecule has 0 aromatic heterocycles. The molecule has 18 heavy (non-hydrogen) atoms. The predicted molar refractivity (Wildman–Crippen MR) is 69.3 cm³/mol. The number of carboxylic acids is 1. The predicted octanol–water partition coefficient (Wildman–Crippen LogP) is 2.30. The molecule has 1 rings (SSSR count). The van der Waals surface area contributed by atoms with E-state index < -0.39 is 12.0 Å². The minimum atomic E-state index is -1.01. The lowest BCUT2D eigenvalue weighted by atomic mass is 9.96. The van der Waals surface area contributed by atoms with Crippen LogP contribution in [0.2, 0.25) is 0 Å². The van der Waals surface area contributed by atoms with E-state index in [2.05, 4.69) is 0 Å². The Kier molecular flexibility index (Phi) is 4.48. The molecular weight excluding hydrogens is 230 g/mol. The number of aryl methyl sites for hydroxylation is 1. The van der Waals surface area contributed by atoms with Crippen molar-refractivity contribution < 1.29 is 14.7 Å².